The Morgan fingerprint density at radius 3 is 2.88 bits per heavy atom. The highest BCUT2D eigenvalue weighted by Crippen LogP contribution is 2.35. The number of hydrogen-bond acceptors (Lipinski definition) is 5. The van der Waals surface area contributed by atoms with Crippen LogP contribution in [0.5, 0.6) is 5.75 Å². The van der Waals surface area contributed by atoms with Gasteiger partial charge in [-0.05, 0) is 37.8 Å². The predicted molar refractivity (Wildman–Crippen MR) is 93.4 cm³/mol. The zero-order chi connectivity index (χ0) is 17.1. The lowest BCUT2D eigenvalue weighted by Crippen LogP contribution is -2.33. The smallest absolute Gasteiger partial charge is 0.336 e. The molecule has 1 N–H and O–H groups in total. The standard InChI is InChI=1S/C19H25NO4/c1-3-4-6-14-10-17(22)24-19-13(2)18-15(9-16(14)19)11-20(12-23-18)7-5-8-21/h9-10,21H,3-8,11-12H2,1-2H3. The number of aliphatic hydroxyl groups is 1. The van der Waals surface area contributed by atoms with Gasteiger partial charge in [0.1, 0.15) is 18.1 Å². The van der Waals surface area contributed by atoms with Gasteiger partial charge in [0.05, 0.1) is 0 Å². The molecule has 1 aliphatic heterocycles. The summed E-state index contributed by atoms with van der Waals surface area (Å²) < 4.78 is 11.4. The molecule has 1 aromatic carbocycles. The van der Waals surface area contributed by atoms with E-state index >= 15 is 0 Å². The second kappa shape index (κ2) is 7.36. The number of unbranched alkanes of at least 4 members (excludes halogenated alkanes) is 1. The molecule has 0 radical (unpaired) electrons. The molecule has 5 heteroatoms. The first kappa shape index (κ1) is 17.0. The van der Waals surface area contributed by atoms with Crippen molar-refractivity contribution in [2.24, 2.45) is 0 Å². The van der Waals surface area contributed by atoms with E-state index < -0.39 is 0 Å². The molecule has 1 aromatic heterocycles. The third kappa shape index (κ3) is 3.32. The van der Waals surface area contributed by atoms with Crippen LogP contribution in [0.3, 0.4) is 0 Å². The first-order valence-corrected chi connectivity index (χ1v) is 8.69. The second-order valence-electron chi connectivity index (χ2n) is 6.46. The van der Waals surface area contributed by atoms with E-state index in [9.17, 15) is 4.79 Å². The van der Waals surface area contributed by atoms with Gasteiger partial charge in [-0.15, -0.1) is 0 Å². The van der Waals surface area contributed by atoms with Crippen LogP contribution in [0, 0.1) is 6.92 Å². The largest absolute Gasteiger partial charge is 0.477 e. The Labute approximate surface area is 141 Å². The zero-order valence-corrected chi connectivity index (χ0v) is 14.4. The summed E-state index contributed by atoms with van der Waals surface area (Å²) in [7, 11) is 0. The van der Waals surface area contributed by atoms with E-state index in [1.807, 2.05) is 6.92 Å². The van der Waals surface area contributed by atoms with Gasteiger partial charge in [-0.25, -0.2) is 4.79 Å². The maximum absolute atomic E-state index is 11.9. The van der Waals surface area contributed by atoms with Crippen molar-refractivity contribution in [2.45, 2.75) is 46.1 Å². The molecule has 0 aliphatic carbocycles. The van der Waals surface area contributed by atoms with Crippen LogP contribution in [0.15, 0.2) is 21.3 Å². The molecule has 0 atom stereocenters. The molecule has 0 fully saturated rings. The number of fused-ring (bicyclic) bond motifs is 2. The van der Waals surface area contributed by atoms with E-state index in [0.717, 1.165) is 66.6 Å². The molecule has 2 heterocycles. The molecular formula is C19H25NO4. The Hall–Kier alpha value is -1.85. The molecule has 0 saturated carbocycles. The highest BCUT2D eigenvalue weighted by atomic mass is 16.5. The molecule has 0 saturated heterocycles. The average Bonchev–Trinajstić information content (AvgIpc) is 2.58. The van der Waals surface area contributed by atoms with Crippen LogP contribution in [0.25, 0.3) is 11.0 Å². The number of ether oxygens (including phenoxy) is 1. The maximum atomic E-state index is 11.9. The van der Waals surface area contributed by atoms with Crippen molar-refractivity contribution < 1.29 is 14.3 Å². The van der Waals surface area contributed by atoms with E-state index in [4.69, 9.17) is 14.3 Å². The van der Waals surface area contributed by atoms with E-state index in [2.05, 4.69) is 17.9 Å². The fourth-order valence-electron chi connectivity index (χ4n) is 3.34. The molecular weight excluding hydrogens is 306 g/mol. The second-order valence-corrected chi connectivity index (χ2v) is 6.46. The summed E-state index contributed by atoms with van der Waals surface area (Å²) in [5.41, 5.74) is 3.44. The van der Waals surface area contributed by atoms with Crippen LogP contribution in [0.1, 0.15) is 42.9 Å². The third-order valence-electron chi connectivity index (χ3n) is 4.59. The van der Waals surface area contributed by atoms with Gasteiger partial charge in [0, 0.05) is 42.3 Å². The predicted octanol–water partition coefficient (Wildman–Crippen LogP) is 2.98. The third-order valence-corrected chi connectivity index (χ3v) is 4.59. The van der Waals surface area contributed by atoms with Gasteiger partial charge in [-0.1, -0.05) is 13.3 Å². The average molecular weight is 331 g/mol. The highest BCUT2D eigenvalue weighted by molar-refractivity contribution is 5.86. The Morgan fingerprint density at radius 2 is 2.12 bits per heavy atom. The van der Waals surface area contributed by atoms with Crippen LogP contribution in [-0.2, 0) is 13.0 Å². The van der Waals surface area contributed by atoms with Crippen LogP contribution < -0.4 is 10.4 Å². The molecule has 3 rings (SSSR count). The van der Waals surface area contributed by atoms with Gasteiger partial charge >= 0.3 is 5.63 Å². The highest BCUT2D eigenvalue weighted by Gasteiger charge is 2.22. The van der Waals surface area contributed by atoms with Crippen LogP contribution in [0.2, 0.25) is 0 Å². The molecule has 0 bridgehead atoms. The van der Waals surface area contributed by atoms with Crippen molar-refractivity contribution in [1.29, 1.82) is 0 Å². The topological polar surface area (TPSA) is 62.9 Å². The number of aryl methyl sites for hydroxylation is 2. The Balaban J connectivity index is 2.04. The van der Waals surface area contributed by atoms with Crippen molar-refractivity contribution in [3.05, 3.63) is 39.2 Å². The van der Waals surface area contributed by atoms with Crippen molar-refractivity contribution in [3.63, 3.8) is 0 Å². The molecule has 130 valence electrons. The lowest BCUT2D eigenvalue weighted by atomic mass is 9.98. The van der Waals surface area contributed by atoms with E-state index in [0.29, 0.717) is 12.3 Å². The minimum absolute atomic E-state index is 0.187. The molecule has 0 spiro atoms. The summed E-state index contributed by atoms with van der Waals surface area (Å²) in [5.74, 6) is 0.832. The summed E-state index contributed by atoms with van der Waals surface area (Å²) in [6, 6.07) is 3.73. The van der Waals surface area contributed by atoms with Crippen LogP contribution in [-0.4, -0.2) is 29.9 Å². The molecule has 24 heavy (non-hydrogen) atoms. The quantitative estimate of drug-likeness (QED) is 0.825. The van der Waals surface area contributed by atoms with Gasteiger partial charge < -0.3 is 14.3 Å². The zero-order valence-electron chi connectivity index (χ0n) is 14.4. The van der Waals surface area contributed by atoms with E-state index in [1.165, 1.54) is 0 Å². The molecule has 1 aliphatic rings. The molecule has 0 amide bonds. The Bertz CT molecular complexity index is 781. The van der Waals surface area contributed by atoms with Gasteiger partial charge in [-0.2, -0.15) is 0 Å². The van der Waals surface area contributed by atoms with Gasteiger partial charge in [0.15, 0.2) is 0 Å². The molecule has 2 aromatic rings. The number of aliphatic hydroxyl groups excluding tert-OH is 1. The molecule has 0 unspecified atom stereocenters. The summed E-state index contributed by atoms with van der Waals surface area (Å²) in [6.45, 7) is 6.38. The van der Waals surface area contributed by atoms with Crippen molar-refractivity contribution >= 4 is 11.0 Å². The number of nitrogens with zero attached hydrogens (tertiary/aromatic N) is 1. The van der Waals surface area contributed by atoms with E-state index in [-0.39, 0.29) is 12.2 Å². The fourth-order valence-corrected chi connectivity index (χ4v) is 3.34. The molecule has 5 nitrogen and oxygen atoms in total. The van der Waals surface area contributed by atoms with E-state index in [1.54, 1.807) is 6.07 Å². The maximum Gasteiger partial charge on any atom is 0.336 e. The first-order chi connectivity index (χ1) is 11.6. The summed E-state index contributed by atoms with van der Waals surface area (Å²) in [6.07, 6.45) is 3.76. The number of hydrogen-bond donors (Lipinski definition) is 1. The van der Waals surface area contributed by atoms with Crippen molar-refractivity contribution in [2.75, 3.05) is 19.9 Å². The summed E-state index contributed by atoms with van der Waals surface area (Å²) in [5, 5.41) is 10.0. The van der Waals surface area contributed by atoms with Crippen LogP contribution in [0.4, 0.5) is 0 Å². The van der Waals surface area contributed by atoms with Gasteiger partial charge in [-0.3, -0.25) is 4.90 Å². The first-order valence-electron chi connectivity index (χ1n) is 8.69. The van der Waals surface area contributed by atoms with Gasteiger partial charge in [0.25, 0.3) is 0 Å². The van der Waals surface area contributed by atoms with Crippen molar-refractivity contribution in [1.82, 2.24) is 4.90 Å². The summed E-state index contributed by atoms with van der Waals surface area (Å²) >= 11 is 0. The number of benzene rings is 1. The number of rotatable bonds is 6. The Kier molecular flexibility index (Phi) is 5.21. The normalized spacial score (nSPS) is 14.6. The van der Waals surface area contributed by atoms with Gasteiger partial charge in [0.2, 0.25) is 0 Å². The fraction of sp³-hybridized carbons (Fsp3) is 0.526. The van der Waals surface area contributed by atoms with Crippen LogP contribution >= 0.6 is 0 Å². The summed E-state index contributed by atoms with van der Waals surface area (Å²) in [4.78, 5) is 14.1. The Morgan fingerprint density at radius 1 is 1.29 bits per heavy atom. The minimum Gasteiger partial charge on any atom is -0.477 e. The minimum atomic E-state index is -0.294. The SMILES string of the molecule is CCCCc1cc(=O)oc2c(C)c3c(cc12)CN(CCCO)CO3. The lowest BCUT2D eigenvalue weighted by molar-refractivity contribution is 0.0878. The lowest BCUT2D eigenvalue weighted by Gasteiger charge is -2.30. The van der Waals surface area contributed by atoms with Crippen molar-refractivity contribution in [3.8, 4) is 5.75 Å². The monoisotopic (exact) mass is 331 g/mol.